The first kappa shape index (κ1) is 30.3. The quantitative estimate of drug-likeness (QED) is 0.403. The molecule has 0 saturated carbocycles. The second-order valence-corrected chi connectivity index (χ2v) is 12.9. The maximum atomic E-state index is 12.8. The van der Waals surface area contributed by atoms with Crippen molar-refractivity contribution in [3.63, 3.8) is 0 Å². The molecule has 2 aromatic rings. The van der Waals surface area contributed by atoms with Gasteiger partial charge >= 0.3 is 6.09 Å². The number of rotatable bonds is 10. The smallest absolute Gasteiger partial charge is 0.416 e. The molecule has 0 aromatic heterocycles. The Morgan fingerprint density at radius 1 is 1.05 bits per heavy atom. The van der Waals surface area contributed by atoms with Gasteiger partial charge < -0.3 is 9.64 Å². The van der Waals surface area contributed by atoms with Crippen LogP contribution in [0.4, 0.5) is 4.79 Å². The number of unbranched alkanes of at least 4 members (excludes halogenated alkanes) is 1. The molecule has 0 saturated heterocycles. The lowest BCUT2D eigenvalue weighted by Crippen LogP contribution is -2.39. The van der Waals surface area contributed by atoms with Crippen LogP contribution in [0, 0.1) is 6.92 Å². The van der Waals surface area contributed by atoms with Crippen LogP contribution in [0.3, 0.4) is 0 Å². The molecule has 0 bridgehead atoms. The summed E-state index contributed by atoms with van der Waals surface area (Å²) in [4.78, 5) is 33.2. The van der Waals surface area contributed by atoms with Crippen LogP contribution in [-0.4, -0.2) is 79.7 Å². The van der Waals surface area contributed by atoms with Gasteiger partial charge in [0, 0.05) is 39.2 Å². The molecule has 212 valence electrons. The number of amides is 2. The zero-order chi connectivity index (χ0) is 28.8. The molecule has 3 rings (SSSR count). The lowest BCUT2D eigenvalue weighted by atomic mass is 10.1. The van der Waals surface area contributed by atoms with Crippen molar-refractivity contribution in [2.24, 2.45) is 4.99 Å². The Hall–Kier alpha value is -3.24. The van der Waals surface area contributed by atoms with Gasteiger partial charge in [0.25, 0.3) is 0 Å². The van der Waals surface area contributed by atoms with E-state index in [4.69, 9.17) is 4.74 Å². The van der Waals surface area contributed by atoms with Crippen molar-refractivity contribution in [1.29, 1.82) is 0 Å². The summed E-state index contributed by atoms with van der Waals surface area (Å²) in [6.07, 6.45) is 1.11. The fraction of sp³-hybridized carbons (Fsp3) is 0.483. The molecule has 1 aliphatic heterocycles. The van der Waals surface area contributed by atoms with Crippen molar-refractivity contribution >= 4 is 27.9 Å². The number of aryl methyl sites for hydroxylation is 1. The Labute approximate surface area is 232 Å². The molecule has 0 N–H and O–H groups in total. The number of amidine groups is 1. The highest BCUT2D eigenvalue weighted by Gasteiger charge is 2.29. The van der Waals surface area contributed by atoms with Gasteiger partial charge in [0.05, 0.1) is 18.0 Å². The summed E-state index contributed by atoms with van der Waals surface area (Å²) in [5.41, 5.74) is 2.09. The normalized spacial score (nSPS) is 13.9. The van der Waals surface area contributed by atoms with E-state index < -0.39 is 21.7 Å². The highest BCUT2D eigenvalue weighted by atomic mass is 32.2. The third kappa shape index (κ3) is 8.37. The van der Waals surface area contributed by atoms with Crippen LogP contribution in [0.25, 0.3) is 0 Å². The Morgan fingerprint density at radius 3 is 2.38 bits per heavy atom. The standard InChI is InChI=1S/C29H40N4O5S/c1-22-10-9-11-25(20-22)39(36,37)32(6)18-8-7-12-26(34)31(5)21-23-13-15-24(16-14-23)27-30-17-19-33(27)28(35)38-29(2,3)4/h9-11,13-16,20H,7-8,12,17-19,21H2,1-6H3. The van der Waals surface area contributed by atoms with E-state index in [-0.39, 0.29) is 10.8 Å². The summed E-state index contributed by atoms with van der Waals surface area (Å²) in [5, 5.41) is 0. The predicted molar refractivity (Wildman–Crippen MR) is 152 cm³/mol. The number of benzene rings is 2. The lowest BCUT2D eigenvalue weighted by molar-refractivity contribution is -0.130. The van der Waals surface area contributed by atoms with Gasteiger partial charge in [0.2, 0.25) is 15.9 Å². The Kier molecular flexibility index (Phi) is 9.90. The Balaban J connectivity index is 1.46. The van der Waals surface area contributed by atoms with Crippen molar-refractivity contribution in [2.75, 3.05) is 33.7 Å². The zero-order valence-corrected chi connectivity index (χ0v) is 24.6. The van der Waals surface area contributed by atoms with Crippen LogP contribution < -0.4 is 0 Å². The van der Waals surface area contributed by atoms with Gasteiger partial charge in [-0.25, -0.2) is 17.5 Å². The highest BCUT2D eigenvalue weighted by Crippen LogP contribution is 2.19. The van der Waals surface area contributed by atoms with Crippen LogP contribution in [-0.2, 0) is 26.1 Å². The van der Waals surface area contributed by atoms with Crippen molar-refractivity contribution in [3.05, 3.63) is 65.2 Å². The first-order valence-corrected chi connectivity index (χ1v) is 14.6. The number of sulfonamides is 1. The summed E-state index contributed by atoms with van der Waals surface area (Å²) in [7, 11) is -0.216. The van der Waals surface area contributed by atoms with E-state index in [9.17, 15) is 18.0 Å². The molecule has 1 aliphatic rings. The number of aliphatic imine (C=N–C) groups is 1. The van der Waals surface area contributed by atoms with E-state index in [0.29, 0.717) is 51.3 Å². The molecule has 9 nitrogen and oxygen atoms in total. The molecule has 2 aromatic carbocycles. The van der Waals surface area contributed by atoms with Gasteiger partial charge in [-0.2, -0.15) is 0 Å². The third-order valence-corrected chi connectivity index (χ3v) is 8.18. The molecule has 0 spiro atoms. The van der Waals surface area contributed by atoms with Crippen molar-refractivity contribution in [1.82, 2.24) is 14.1 Å². The van der Waals surface area contributed by atoms with Gasteiger partial charge in [0.1, 0.15) is 11.4 Å². The molecule has 0 aliphatic carbocycles. The molecular formula is C29H40N4O5S. The van der Waals surface area contributed by atoms with E-state index >= 15 is 0 Å². The first-order chi connectivity index (χ1) is 18.3. The van der Waals surface area contributed by atoms with Gasteiger partial charge in [-0.05, 0) is 63.8 Å². The number of nitrogens with zero attached hydrogens (tertiary/aromatic N) is 4. The van der Waals surface area contributed by atoms with Crippen molar-refractivity contribution < 1.29 is 22.7 Å². The Morgan fingerprint density at radius 2 is 1.74 bits per heavy atom. The topological polar surface area (TPSA) is 99.6 Å². The molecule has 10 heteroatoms. The fourth-order valence-electron chi connectivity index (χ4n) is 4.19. The monoisotopic (exact) mass is 556 g/mol. The van der Waals surface area contributed by atoms with E-state index in [1.165, 1.54) is 4.31 Å². The largest absolute Gasteiger partial charge is 0.443 e. The third-order valence-electron chi connectivity index (χ3n) is 6.32. The maximum Gasteiger partial charge on any atom is 0.416 e. The van der Waals surface area contributed by atoms with Crippen LogP contribution >= 0.6 is 0 Å². The molecule has 0 unspecified atom stereocenters. The van der Waals surface area contributed by atoms with E-state index in [2.05, 4.69) is 4.99 Å². The summed E-state index contributed by atoms with van der Waals surface area (Å²) in [6.45, 7) is 9.17. The molecular weight excluding hydrogens is 516 g/mol. The number of hydrogen-bond donors (Lipinski definition) is 0. The average molecular weight is 557 g/mol. The number of hydrogen-bond acceptors (Lipinski definition) is 6. The van der Waals surface area contributed by atoms with Gasteiger partial charge in [0.15, 0.2) is 0 Å². The van der Waals surface area contributed by atoms with Crippen LogP contribution in [0.1, 0.15) is 56.7 Å². The average Bonchev–Trinajstić information content (AvgIpc) is 3.36. The minimum atomic E-state index is -3.54. The summed E-state index contributed by atoms with van der Waals surface area (Å²) >= 11 is 0. The second kappa shape index (κ2) is 12.7. The van der Waals surface area contributed by atoms with Gasteiger partial charge in [-0.3, -0.25) is 14.7 Å². The SMILES string of the molecule is Cc1cccc(S(=O)(=O)N(C)CCCCC(=O)N(C)Cc2ccc(C3=NCCN3C(=O)OC(C)(C)C)cc2)c1. The highest BCUT2D eigenvalue weighted by molar-refractivity contribution is 7.89. The second-order valence-electron chi connectivity index (χ2n) is 10.9. The predicted octanol–water partition coefficient (Wildman–Crippen LogP) is 4.44. The number of carbonyl (C=O) groups is 2. The number of ether oxygens (including phenoxy) is 1. The molecule has 0 radical (unpaired) electrons. The summed E-state index contributed by atoms with van der Waals surface area (Å²) < 4.78 is 32.4. The molecule has 2 amide bonds. The van der Waals surface area contributed by atoms with E-state index in [0.717, 1.165) is 16.7 Å². The molecule has 1 heterocycles. The Bertz CT molecular complexity index is 1300. The fourth-order valence-corrected chi connectivity index (χ4v) is 5.50. The summed E-state index contributed by atoms with van der Waals surface area (Å²) in [6, 6.07) is 14.5. The first-order valence-electron chi connectivity index (χ1n) is 13.2. The number of carbonyl (C=O) groups excluding carboxylic acids is 2. The minimum Gasteiger partial charge on any atom is -0.443 e. The zero-order valence-electron chi connectivity index (χ0n) is 23.8. The van der Waals surface area contributed by atoms with Crippen LogP contribution in [0.15, 0.2) is 58.4 Å². The molecule has 0 fully saturated rings. The van der Waals surface area contributed by atoms with Crippen LogP contribution in [0.2, 0.25) is 0 Å². The minimum absolute atomic E-state index is 0.000426. The van der Waals surface area contributed by atoms with E-state index in [1.807, 2.05) is 58.0 Å². The lowest BCUT2D eigenvalue weighted by Gasteiger charge is -2.25. The van der Waals surface area contributed by atoms with Gasteiger partial charge in [-0.1, -0.05) is 36.4 Å². The van der Waals surface area contributed by atoms with E-state index in [1.54, 1.807) is 42.1 Å². The van der Waals surface area contributed by atoms with Crippen molar-refractivity contribution in [2.45, 2.75) is 64.0 Å². The van der Waals surface area contributed by atoms with Crippen LogP contribution in [0.5, 0.6) is 0 Å². The van der Waals surface area contributed by atoms with Gasteiger partial charge in [-0.15, -0.1) is 0 Å². The molecule has 39 heavy (non-hydrogen) atoms. The van der Waals surface area contributed by atoms with Crippen molar-refractivity contribution in [3.8, 4) is 0 Å². The molecule has 0 atom stereocenters. The maximum absolute atomic E-state index is 12.8. The summed E-state index contributed by atoms with van der Waals surface area (Å²) in [5.74, 6) is 0.592.